The Bertz CT molecular complexity index is 635. The molecule has 0 saturated carbocycles. The third-order valence-corrected chi connectivity index (χ3v) is 2.84. The van der Waals surface area contributed by atoms with Crippen LogP contribution in [0.2, 0.25) is 0 Å². The van der Waals surface area contributed by atoms with Gasteiger partial charge in [-0.1, -0.05) is 0 Å². The van der Waals surface area contributed by atoms with Gasteiger partial charge in [-0.3, -0.25) is 4.79 Å². The van der Waals surface area contributed by atoms with E-state index in [4.69, 9.17) is 4.42 Å². The molecule has 0 atom stereocenters. The maximum Gasteiger partial charge on any atom is 0.416 e. The molecule has 0 aliphatic carbocycles. The molecule has 2 aromatic rings. The van der Waals surface area contributed by atoms with Crippen molar-refractivity contribution in [2.75, 3.05) is 7.05 Å². The molecular weight excluding hydrogens is 290 g/mol. The number of alkyl halides is 3. The van der Waals surface area contributed by atoms with E-state index in [9.17, 15) is 22.4 Å². The summed E-state index contributed by atoms with van der Waals surface area (Å²) in [5, 5.41) is 0. The number of halogens is 4. The Morgan fingerprint density at radius 2 is 2.00 bits per heavy atom. The standard InChI is InChI=1S/C14H11F4NO2/c1-19(8-10-3-2-6-21-10)13(20)11-7-9(14(16,17)18)4-5-12(11)15/h2-7H,8H2,1H3. The highest BCUT2D eigenvalue weighted by atomic mass is 19.4. The second-order valence-corrected chi connectivity index (χ2v) is 4.43. The van der Waals surface area contributed by atoms with Crippen LogP contribution in [0, 0.1) is 5.82 Å². The molecule has 0 aliphatic rings. The maximum absolute atomic E-state index is 13.6. The number of benzene rings is 1. The molecule has 21 heavy (non-hydrogen) atoms. The first-order valence-corrected chi connectivity index (χ1v) is 5.93. The highest BCUT2D eigenvalue weighted by Gasteiger charge is 2.32. The zero-order chi connectivity index (χ0) is 15.6. The average molecular weight is 301 g/mol. The zero-order valence-corrected chi connectivity index (χ0v) is 10.9. The van der Waals surface area contributed by atoms with Crippen molar-refractivity contribution in [1.29, 1.82) is 0 Å². The minimum Gasteiger partial charge on any atom is -0.467 e. The van der Waals surface area contributed by atoms with Gasteiger partial charge in [0.1, 0.15) is 11.6 Å². The van der Waals surface area contributed by atoms with Crippen molar-refractivity contribution in [1.82, 2.24) is 4.90 Å². The topological polar surface area (TPSA) is 33.5 Å². The Hall–Kier alpha value is -2.31. The summed E-state index contributed by atoms with van der Waals surface area (Å²) >= 11 is 0. The lowest BCUT2D eigenvalue weighted by Gasteiger charge is -2.17. The monoisotopic (exact) mass is 301 g/mol. The van der Waals surface area contributed by atoms with Crippen LogP contribution < -0.4 is 0 Å². The second-order valence-electron chi connectivity index (χ2n) is 4.43. The van der Waals surface area contributed by atoms with Crippen LogP contribution in [-0.2, 0) is 12.7 Å². The normalized spacial score (nSPS) is 11.5. The number of hydrogen-bond acceptors (Lipinski definition) is 2. The van der Waals surface area contributed by atoms with Gasteiger partial charge in [-0.05, 0) is 30.3 Å². The fourth-order valence-electron chi connectivity index (χ4n) is 1.78. The second kappa shape index (κ2) is 5.59. The van der Waals surface area contributed by atoms with Gasteiger partial charge in [0.25, 0.3) is 5.91 Å². The van der Waals surface area contributed by atoms with E-state index in [0.717, 1.165) is 4.90 Å². The summed E-state index contributed by atoms with van der Waals surface area (Å²) in [6.07, 6.45) is -3.24. The van der Waals surface area contributed by atoms with Gasteiger partial charge >= 0.3 is 6.18 Å². The van der Waals surface area contributed by atoms with Gasteiger partial charge in [-0.25, -0.2) is 4.39 Å². The van der Waals surface area contributed by atoms with Gasteiger partial charge in [0.15, 0.2) is 0 Å². The van der Waals surface area contributed by atoms with Crippen LogP contribution in [0.25, 0.3) is 0 Å². The number of hydrogen-bond donors (Lipinski definition) is 0. The summed E-state index contributed by atoms with van der Waals surface area (Å²) in [4.78, 5) is 13.1. The van der Waals surface area contributed by atoms with Crippen molar-refractivity contribution in [3.63, 3.8) is 0 Å². The maximum atomic E-state index is 13.6. The quantitative estimate of drug-likeness (QED) is 0.810. The first kappa shape index (κ1) is 15.1. The van der Waals surface area contributed by atoms with Crippen LogP contribution in [-0.4, -0.2) is 17.9 Å². The highest BCUT2D eigenvalue weighted by Crippen LogP contribution is 2.30. The molecule has 0 bridgehead atoms. The molecule has 0 radical (unpaired) electrons. The summed E-state index contributed by atoms with van der Waals surface area (Å²) in [6, 6.07) is 4.95. The molecule has 0 aliphatic heterocycles. The molecule has 1 aromatic carbocycles. The molecule has 1 aromatic heterocycles. The molecule has 0 unspecified atom stereocenters. The van der Waals surface area contributed by atoms with Crippen molar-refractivity contribution in [2.45, 2.75) is 12.7 Å². The van der Waals surface area contributed by atoms with E-state index in [-0.39, 0.29) is 6.54 Å². The molecule has 0 N–H and O–H groups in total. The Morgan fingerprint density at radius 3 is 2.57 bits per heavy atom. The van der Waals surface area contributed by atoms with E-state index >= 15 is 0 Å². The van der Waals surface area contributed by atoms with Gasteiger partial charge in [0.2, 0.25) is 0 Å². The molecule has 0 saturated heterocycles. The number of carbonyl (C=O) groups is 1. The van der Waals surface area contributed by atoms with Crippen LogP contribution in [0.5, 0.6) is 0 Å². The molecular formula is C14H11F4NO2. The number of furan rings is 1. The largest absolute Gasteiger partial charge is 0.467 e. The number of nitrogens with zero attached hydrogens (tertiary/aromatic N) is 1. The Labute approximate surface area is 117 Å². The van der Waals surface area contributed by atoms with E-state index in [1.807, 2.05) is 0 Å². The molecule has 1 heterocycles. The minimum atomic E-state index is -4.64. The fourth-order valence-corrected chi connectivity index (χ4v) is 1.78. The first-order valence-electron chi connectivity index (χ1n) is 5.93. The Kier molecular flexibility index (Phi) is 4.02. The van der Waals surface area contributed by atoms with Crippen molar-refractivity contribution in [3.05, 3.63) is 59.3 Å². The number of amides is 1. The third kappa shape index (κ3) is 3.42. The smallest absolute Gasteiger partial charge is 0.416 e. The zero-order valence-electron chi connectivity index (χ0n) is 10.9. The SMILES string of the molecule is CN(Cc1ccco1)C(=O)c1cc(C(F)(F)F)ccc1F. The molecule has 112 valence electrons. The van der Waals surface area contributed by atoms with Gasteiger partial charge in [-0.15, -0.1) is 0 Å². The summed E-state index contributed by atoms with van der Waals surface area (Å²) in [5.41, 5.74) is -1.70. The van der Waals surface area contributed by atoms with Crippen LogP contribution in [0.4, 0.5) is 17.6 Å². The summed E-state index contributed by atoms with van der Waals surface area (Å²) < 4.78 is 56.5. The average Bonchev–Trinajstić information content (AvgIpc) is 2.90. The van der Waals surface area contributed by atoms with E-state index < -0.39 is 29.0 Å². The number of carbonyl (C=O) groups excluding carboxylic acids is 1. The van der Waals surface area contributed by atoms with E-state index in [1.165, 1.54) is 13.3 Å². The predicted molar refractivity (Wildman–Crippen MR) is 65.9 cm³/mol. The predicted octanol–water partition coefficient (Wildman–Crippen LogP) is 3.71. The molecule has 2 rings (SSSR count). The lowest BCUT2D eigenvalue weighted by molar-refractivity contribution is -0.137. The lowest BCUT2D eigenvalue weighted by atomic mass is 10.1. The highest BCUT2D eigenvalue weighted by molar-refractivity contribution is 5.94. The number of rotatable bonds is 3. The molecule has 3 nitrogen and oxygen atoms in total. The van der Waals surface area contributed by atoms with E-state index in [2.05, 4.69) is 0 Å². The lowest BCUT2D eigenvalue weighted by Crippen LogP contribution is -2.27. The summed E-state index contributed by atoms with van der Waals surface area (Å²) in [5.74, 6) is -1.41. The minimum absolute atomic E-state index is 0.0293. The van der Waals surface area contributed by atoms with Gasteiger partial charge in [0, 0.05) is 7.05 Å². The summed E-state index contributed by atoms with van der Waals surface area (Å²) in [6.45, 7) is 0.0293. The molecule has 0 fully saturated rings. The fraction of sp³-hybridized carbons (Fsp3) is 0.214. The van der Waals surface area contributed by atoms with E-state index in [0.29, 0.717) is 24.0 Å². The van der Waals surface area contributed by atoms with E-state index in [1.54, 1.807) is 12.1 Å². The van der Waals surface area contributed by atoms with Crippen LogP contribution in [0.1, 0.15) is 21.7 Å². The third-order valence-electron chi connectivity index (χ3n) is 2.84. The van der Waals surface area contributed by atoms with Crippen LogP contribution in [0.3, 0.4) is 0 Å². The van der Waals surface area contributed by atoms with Crippen LogP contribution in [0.15, 0.2) is 41.0 Å². The Balaban J connectivity index is 2.26. The van der Waals surface area contributed by atoms with Crippen molar-refractivity contribution in [3.8, 4) is 0 Å². The Morgan fingerprint density at radius 1 is 1.29 bits per heavy atom. The summed E-state index contributed by atoms with van der Waals surface area (Å²) in [7, 11) is 1.35. The first-order chi connectivity index (χ1) is 9.79. The van der Waals surface area contributed by atoms with Gasteiger partial charge in [0.05, 0.1) is 23.9 Å². The van der Waals surface area contributed by atoms with Crippen molar-refractivity contribution >= 4 is 5.91 Å². The van der Waals surface area contributed by atoms with Crippen LogP contribution >= 0.6 is 0 Å². The van der Waals surface area contributed by atoms with Gasteiger partial charge < -0.3 is 9.32 Å². The molecule has 7 heteroatoms. The van der Waals surface area contributed by atoms with Crippen molar-refractivity contribution in [2.24, 2.45) is 0 Å². The molecule has 1 amide bonds. The molecule has 0 spiro atoms. The van der Waals surface area contributed by atoms with Crippen molar-refractivity contribution < 1.29 is 26.8 Å². The van der Waals surface area contributed by atoms with Gasteiger partial charge in [-0.2, -0.15) is 13.2 Å².